The Kier molecular flexibility index (Phi) is 4.67. The molecule has 3 aromatic rings. The first-order chi connectivity index (χ1) is 13.7. The molecule has 1 aromatic carbocycles. The van der Waals surface area contributed by atoms with E-state index >= 15 is 0 Å². The molecule has 2 fully saturated rings. The van der Waals surface area contributed by atoms with Gasteiger partial charge in [0.2, 0.25) is 5.89 Å². The van der Waals surface area contributed by atoms with Gasteiger partial charge >= 0.3 is 0 Å². The first kappa shape index (κ1) is 17.9. The maximum Gasteiger partial charge on any atom is 0.291 e. The number of para-hydroxylation sites is 1. The van der Waals surface area contributed by atoms with Crippen LogP contribution in [0.1, 0.15) is 69.4 Å². The van der Waals surface area contributed by atoms with Crippen molar-refractivity contribution in [3.05, 3.63) is 35.9 Å². The van der Waals surface area contributed by atoms with Crippen LogP contribution in [0.25, 0.3) is 16.9 Å². The van der Waals surface area contributed by atoms with Crippen molar-refractivity contribution in [1.82, 2.24) is 24.8 Å². The molecule has 28 heavy (non-hydrogen) atoms. The number of aromatic nitrogens is 4. The van der Waals surface area contributed by atoms with Gasteiger partial charge in [-0.3, -0.25) is 0 Å². The molecule has 0 spiro atoms. The number of hydrogen-bond donors (Lipinski definition) is 0. The minimum absolute atomic E-state index is 0.359. The summed E-state index contributed by atoms with van der Waals surface area (Å²) in [6.45, 7) is 7.95. The second-order valence-electron chi connectivity index (χ2n) is 8.84. The second kappa shape index (κ2) is 7.32. The molecule has 1 aliphatic heterocycles. The van der Waals surface area contributed by atoms with Gasteiger partial charge in [-0.1, -0.05) is 38.5 Å². The summed E-state index contributed by atoms with van der Waals surface area (Å²) >= 11 is 0. The van der Waals surface area contributed by atoms with Gasteiger partial charge in [0.1, 0.15) is 0 Å². The first-order valence-corrected chi connectivity index (χ1v) is 10.7. The highest BCUT2D eigenvalue weighted by Gasteiger charge is 2.28. The molecule has 6 nitrogen and oxygen atoms in total. The third-order valence-electron chi connectivity index (χ3n) is 6.29. The summed E-state index contributed by atoms with van der Waals surface area (Å²) in [4.78, 5) is 7.31. The van der Waals surface area contributed by atoms with E-state index in [0.29, 0.717) is 23.7 Å². The summed E-state index contributed by atoms with van der Waals surface area (Å²) in [6, 6.07) is 8.41. The Morgan fingerprint density at radius 2 is 1.86 bits per heavy atom. The van der Waals surface area contributed by atoms with Crippen molar-refractivity contribution >= 4 is 10.9 Å². The lowest BCUT2D eigenvalue weighted by Gasteiger charge is -2.31. The van der Waals surface area contributed by atoms with Crippen molar-refractivity contribution in [1.29, 1.82) is 0 Å². The molecule has 0 atom stereocenters. The summed E-state index contributed by atoms with van der Waals surface area (Å²) in [5.74, 6) is 2.98. The van der Waals surface area contributed by atoms with Gasteiger partial charge in [0.15, 0.2) is 0 Å². The predicted octanol–water partition coefficient (Wildman–Crippen LogP) is 4.51. The van der Waals surface area contributed by atoms with Crippen LogP contribution in [-0.2, 0) is 0 Å². The van der Waals surface area contributed by atoms with Gasteiger partial charge in [0.05, 0.1) is 11.2 Å². The second-order valence-corrected chi connectivity index (χ2v) is 8.84. The van der Waals surface area contributed by atoms with Crippen molar-refractivity contribution in [2.45, 2.75) is 57.8 Å². The van der Waals surface area contributed by atoms with E-state index in [0.717, 1.165) is 37.3 Å². The molecule has 1 saturated heterocycles. The SMILES string of the molecule is CC(C)CN1CCC(c2nc(-n3nc(C4CCC4)c4ccccc43)no2)CC1. The minimum atomic E-state index is 0.359. The number of nitrogens with zero attached hydrogens (tertiary/aromatic N) is 5. The Labute approximate surface area is 165 Å². The number of hydrogen-bond acceptors (Lipinski definition) is 5. The molecular weight excluding hydrogens is 350 g/mol. The normalized spacial score (nSPS) is 19.5. The van der Waals surface area contributed by atoms with Crippen molar-refractivity contribution in [3.63, 3.8) is 0 Å². The molecule has 1 saturated carbocycles. The molecule has 0 N–H and O–H groups in total. The van der Waals surface area contributed by atoms with Crippen LogP contribution in [0.2, 0.25) is 0 Å². The third-order valence-corrected chi connectivity index (χ3v) is 6.29. The van der Waals surface area contributed by atoms with Crippen molar-refractivity contribution < 1.29 is 4.52 Å². The van der Waals surface area contributed by atoms with Crippen molar-refractivity contribution in [3.8, 4) is 5.95 Å². The standard InChI is InChI=1S/C22H29N5O/c1-15(2)14-26-12-10-17(11-13-26)21-23-22(25-28-21)27-19-9-4-3-8-18(19)20(24-27)16-6-5-7-16/h3-4,8-9,15-17H,5-7,10-14H2,1-2H3. The molecule has 3 heterocycles. The molecular formula is C22H29N5O. The Balaban J connectivity index is 1.38. The molecule has 2 aliphatic rings. The fraction of sp³-hybridized carbons (Fsp3) is 0.591. The van der Waals surface area contributed by atoms with Gasteiger partial charge < -0.3 is 9.42 Å². The molecule has 0 radical (unpaired) electrons. The maximum atomic E-state index is 5.69. The van der Waals surface area contributed by atoms with E-state index in [1.807, 2.05) is 4.68 Å². The molecule has 5 rings (SSSR count). The van der Waals surface area contributed by atoms with Gasteiger partial charge in [-0.2, -0.15) is 14.8 Å². The highest BCUT2D eigenvalue weighted by atomic mass is 16.5. The molecule has 6 heteroatoms. The number of likely N-dealkylation sites (tertiary alicyclic amines) is 1. The van der Waals surface area contributed by atoms with Crippen LogP contribution in [0.4, 0.5) is 0 Å². The molecule has 148 valence electrons. The lowest BCUT2D eigenvalue weighted by Crippen LogP contribution is -2.35. The molecule has 0 unspecified atom stereocenters. The molecule has 2 aromatic heterocycles. The van der Waals surface area contributed by atoms with E-state index in [9.17, 15) is 0 Å². The lowest BCUT2D eigenvalue weighted by molar-refractivity contribution is 0.178. The van der Waals surface area contributed by atoms with Crippen LogP contribution in [-0.4, -0.2) is 44.5 Å². The Bertz CT molecular complexity index is 947. The summed E-state index contributed by atoms with van der Waals surface area (Å²) in [7, 11) is 0. The van der Waals surface area contributed by atoms with Crippen LogP contribution in [0.15, 0.2) is 28.8 Å². The van der Waals surface area contributed by atoms with E-state index in [4.69, 9.17) is 14.6 Å². The number of benzene rings is 1. The minimum Gasteiger partial charge on any atom is -0.337 e. The molecule has 1 aliphatic carbocycles. The van der Waals surface area contributed by atoms with Gasteiger partial charge in [0, 0.05) is 23.8 Å². The first-order valence-electron chi connectivity index (χ1n) is 10.7. The van der Waals surface area contributed by atoms with Crippen LogP contribution in [0.3, 0.4) is 0 Å². The zero-order valence-corrected chi connectivity index (χ0v) is 16.8. The van der Waals surface area contributed by atoms with E-state index < -0.39 is 0 Å². The zero-order chi connectivity index (χ0) is 19.1. The Morgan fingerprint density at radius 1 is 1.07 bits per heavy atom. The number of rotatable bonds is 5. The third kappa shape index (κ3) is 3.24. The fourth-order valence-corrected chi connectivity index (χ4v) is 4.58. The Hall–Kier alpha value is -2.21. The topological polar surface area (TPSA) is 60.0 Å². The predicted molar refractivity (Wildman–Crippen MR) is 109 cm³/mol. The highest BCUT2D eigenvalue weighted by molar-refractivity contribution is 5.83. The van der Waals surface area contributed by atoms with Gasteiger partial charge in [-0.15, -0.1) is 0 Å². The average molecular weight is 380 g/mol. The van der Waals surface area contributed by atoms with Crippen LogP contribution in [0.5, 0.6) is 0 Å². The number of fused-ring (bicyclic) bond motifs is 1. The van der Waals surface area contributed by atoms with Crippen LogP contribution in [0, 0.1) is 5.92 Å². The van der Waals surface area contributed by atoms with Crippen LogP contribution >= 0.6 is 0 Å². The van der Waals surface area contributed by atoms with E-state index in [1.54, 1.807) is 0 Å². The Morgan fingerprint density at radius 3 is 2.57 bits per heavy atom. The average Bonchev–Trinajstić information content (AvgIpc) is 3.26. The van der Waals surface area contributed by atoms with E-state index in [-0.39, 0.29) is 0 Å². The van der Waals surface area contributed by atoms with Gasteiger partial charge in [-0.25, -0.2) is 0 Å². The highest BCUT2D eigenvalue weighted by Crippen LogP contribution is 2.39. The largest absolute Gasteiger partial charge is 0.337 e. The maximum absolute atomic E-state index is 5.69. The quantitative estimate of drug-likeness (QED) is 0.653. The fourth-order valence-electron chi connectivity index (χ4n) is 4.58. The number of piperidine rings is 1. The van der Waals surface area contributed by atoms with Gasteiger partial charge in [0.25, 0.3) is 5.95 Å². The van der Waals surface area contributed by atoms with Gasteiger partial charge in [-0.05, 0) is 55.9 Å². The van der Waals surface area contributed by atoms with E-state index in [1.165, 1.54) is 36.9 Å². The van der Waals surface area contributed by atoms with E-state index in [2.05, 4.69) is 48.2 Å². The summed E-state index contributed by atoms with van der Waals surface area (Å²) in [5, 5.41) is 10.4. The summed E-state index contributed by atoms with van der Waals surface area (Å²) < 4.78 is 7.57. The smallest absolute Gasteiger partial charge is 0.291 e. The zero-order valence-electron chi connectivity index (χ0n) is 16.8. The molecule has 0 amide bonds. The summed E-state index contributed by atoms with van der Waals surface area (Å²) in [5.41, 5.74) is 2.26. The van der Waals surface area contributed by atoms with Crippen LogP contribution < -0.4 is 0 Å². The monoisotopic (exact) mass is 379 g/mol. The van der Waals surface area contributed by atoms with Crippen molar-refractivity contribution in [2.24, 2.45) is 5.92 Å². The lowest BCUT2D eigenvalue weighted by atomic mass is 9.82. The summed E-state index contributed by atoms with van der Waals surface area (Å²) in [6.07, 6.45) is 5.93. The molecule has 0 bridgehead atoms. The van der Waals surface area contributed by atoms with Crippen molar-refractivity contribution in [2.75, 3.05) is 19.6 Å².